The second-order valence-corrected chi connectivity index (χ2v) is 6.67. The first-order chi connectivity index (χ1) is 14.2. The van der Waals surface area contributed by atoms with Crippen LogP contribution in [0.2, 0.25) is 0 Å². The summed E-state index contributed by atoms with van der Waals surface area (Å²) in [6.07, 6.45) is 2.63. The zero-order valence-electron chi connectivity index (χ0n) is 17.2. The largest absolute Gasteiger partial charge is 0.457 e. The molecule has 0 aliphatic rings. The van der Waals surface area contributed by atoms with Crippen LogP contribution in [0.4, 0.5) is 0 Å². The predicted octanol–water partition coefficient (Wildman–Crippen LogP) is 3.31. The van der Waals surface area contributed by atoms with E-state index in [9.17, 15) is 0 Å². The van der Waals surface area contributed by atoms with Crippen LogP contribution in [-0.4, -0.2) is 34.3 Å². The summed E-state index contributed by atoms with van der Waals surface area (Å²) in [5, 5.41) is 14.8. The van der Waals surface area contributed by atoms with Crippen LogP contribution >= 0.6 is 0 Å². The van der Waals surface area contributed by atoms with E-state index in [1.807, 2.05) is 34.9 Å². The summed E-state index contributed by atoms with van der Waals surface area (Å²) < 4.78 is 8.14. The lowest BCUT2D eigenvalue weighted by Crippen LogP contribution is -2.38. The number of nitrogens with zero attached hydrogens (tertiary/aromatic N) is 4. The second-order valence-electron chi connectivity index (χ2n) is 6.67. The summed E-state index contributed by atoms with van der Waals surface area (Å²) >= 11 is 0. The van der Waals surface area contributed by atoms with Crippen LogP contribution in [-0.2, 0) is 19.5 Å². The fourth-order valence-corrected chi connectivity index (χ4v) is 2.95. The molecule has 0 saturated heterocycles. The van der Waals surface area contributed by atoms with Crippen molar-refractivity contribution in [2.75, 3.05) is 13.6 Å². The number of rotatable bonds is 8. The lowest BCUT2D eigenvalue weighted by Gasteiger charge is -2.15. The smallest absolute Gasteiger partial charge is 0.191 e. The van der Waals surface area contributed by atoms with Gasteiger partial charge in [0.15, 0.2) is 5.96 Å². The Bertz CT molecular complexity index is 935. The number of hydrogen-bond acceptors (Lipinski definition) is 4. The Morgan fingerprint density at radius 2 is 1.97 bits per heavy atom. The van der Waals surface area contributed by atoms with Gasteiger partial charge in [0.25, 0.3) is 0 Å². The van der Waals surface area contributed by atoms with E-state index in [1.165, 1.54) is 0 Å². The van der Waals surface area contributed by atoms with E-state index in [2.05, 4.69) is 57.9 Å². The molecule has 152 valence electrons. The van der Waals surface area contributed by atoms with Gasteiger partial charge in [0.05, 0.1) is 0 Å². The number of ether oxygens (including phenoxy) is 1. The van der Waals surface area contributed by atoms with E-state index in [0.717, 1.165) is 53.9 Å². The van der Waals surface area contributed by atoms with Gasteiger partial charge < -0.3 is 19.9 Å². The summed E-state index contributed by atoms with van der Waals surface area (Å²) in [5.41, 5.74) is 2.22. The molecule has 0 aliphatic heterocycles. The molecule has 0 radical (unpaired) electrons. The number of nitrogens with one attached hydrogen (secondary N) is 2. The first-order valence-corrected chi connectivity index (χ1v) is 9.83. The van der Waals surface area contributed by atoms with Gasteiger partial charge in [0.2, 0.25) is 0 Å². The first-order valence-electron chi connectivity index (χ1n) is 9.83. The molecular weight excluding hydrogens is 364 g/mol. The molecule has 3 rings (SSSR count). The number of aromatic nitrogens is 3. The van der Waals surface area contributed by atoms with Crippen molar-refractivity contribution >= 4 is 5.96 Å². The second kappa shape index (κ2) is 10.3. The van der Waals surface area contributed by atoms with Gasteiger partial charge in [0.1, 0.15) is 23.7 Å². The van der Waals surface area contributed by atoms with E-state index in [1.54, 1.807) is 13.4 Å². The van der Waals surface area contributed by atoms with Gasteiger partial charge in [-0.2, -0.15) is 0 Å². The molecule has 0 bridgehead atoms. The van der Waals surface area contributed by atoms with Gasteiger partial charge in [-0.05, 0) is 30.7 Å². The number of aliphatic imine (C=N–C) groups is 1. The summed E-state index contributed by atoms with van der Waals surface area (Å²) in [7, 11) is 1.77. The van der Waals surface area contributed by atoms with E-state index in [0.29, 0.717) is 6.54 Å². The Balaban J connectivity index is 1.57. The molecular formula is C22H28N6O. The predicted molar refractivity (Wildman–Crippen MR) is 115 cm³/mol. The molecule has 0 spiro atoms. The van der Waals surface area contributed by atoms with Gasteiger partial charge in [-0.1, -0.05) is 37.3 Å². The SMILES string of the molecule is CCc1nncn1CCNC(=NC)NCc1ccc(C)cc1Oc1ccccc1. The van der Waals surface area contributed by atoms with Gasteiger partial charge in [-0.25, -0.2) is 0 Å². The maximum atomic E-state index is 6.09. The zero-order valence-corrected chi connectivity index (χ0v) is 17.2. The van der Waals surface area contributed by atoms with Crippen LogP contribution in [0.5, 0.6) is 11.5 Å². The Morgan fingerprint density at radius 3 is 2.72 bits per heavy atom. The summed E-state index contributed by atoms with van der Waals surface area (Å²) in [4.78, 5) is 4.31. The third kappa shape index (κ3) is 5.81. The van der Waals surface area contributed by atoms with E-state index in [-0.39, 0.29) is 0 Å². The number of guanidine groups is 1. The van der Waals surface area contributed by atoms with Crippen molar-refractivity contribution in [2.45, 2.75) is 33.4 Å². The van der Waals surface area contributed by atoms with E-state index in [4.69, 9.17) is 4.74 Å². The van der Waals surface area contributed by atoms with Gasteiger partial charge >= 0.3 is 0 Å². The highest BCUT2D eigenvalue weighted by Crippen LogP contribution is 2.26. The van der Waals surface area contributed by atoms with Gasteiger partial charge in [0, 0.05) is 38.7 Å². The zero-order chi connectivity index (χ0) is 20.5. The van der Waals surface area contributed by atoms with E-state index >= 15 is 0 Å². The Labute approximate surface area is 171 Å². The van der Waals surface area contributed by atoms with Gasteiger partial charge in [-0.15, -0.1) is 10.2 Å². The van der Waals surface area contributed by atoms with Crippen LogP contribution in [0.3, 0.4) is 0 Å². The molecule has 2 N–H and O–H groups in total. The average molecular weight is 393 g/mol. The summed E-state index contributed by atoms with van der Waals surface area (Å²) in [5.74, 6) is 3.39. The molecule has 0 amide bonds. The minimum Gasteiger partial charge on any atom is -0.457 e. The van der Waals surface area contributed by atoms with Crippen molar-refractivity contribution in [1.29, 1.82) is 0 Å². The van der Waals surface area contributed by atoms with Crippen molar-refractivity contribution in [1.82, 2.24) is 25.4 Å². The molecule has 3 aromatic rings. The minimum atomic E-state index is 0.606. The maximum Gasteiger partial charge on any atom is 0.191 e. The van der Waals surface area contributed by atoms with Crippen molar-refractivity contribution in [3.63, 3.8) is 0 Å². The fraction of sp³-hybridized carbons (Fsp3) is 0.318. The first kappa shape index (κ1) is 20.4. The monoisotopic (exact) mass is 392 g/mol. The quantitative estimate of drug-likeness (QED) is 0.454. The third-order valence-corrected chi connectivity index (χ3v) is 4.52. The molecule has 0 saturated carbocycles. The topological polar surface area (TPSA) is 76.4 Å². The molecule has 2 aromatic carbocycles. The van der Waals surface area contributed by atoms with Gasteiger partial charge in [-0.3, -0.25) is 4.99 Å². The number of benzene rings is 2. The normalized spacial score (nSPS) is 11.3. The number of hydrogen-bond donors (Lipinski definition) is 2. The molecule has 0 fully saturated rings. The van der Waals surface area contributed by atoms with Crippen LogP contribution in [0.25, 0.3) is 0 Å². The van der Waals surface area contributed by atoms with Crippen molar-refractivity contribution in [3.05, 3.63) is 71.8 Å². The highest BCUT2D eigenvalue weighted by molar-refractivity contribution is 5.79. The van der Waals surface area contributed by atoms with Crippen molar-refractivity contribution in [3.8, 4) is 11.5 Å². The molecule has 7 nitrogen and oxygen atoms in total. The lowest BCUT2D eigenvalue weighted by atomic mass is 10.1. The molecule has 1 aromatic heterocycles. The molecule has 0 unspecified atom stereocenters. The fourth-order valence-electron chi connectivity index (χ4n) is 2.95. The molecule has 7 heteroatoms. The highest BCUT2D eigenvalue weighted by atomic mass is 16.5. The van der Waals surface area contributed by atoms with Crippen LogP contribution in [0.1, 0.15) is 23.9 Å². The highest BCUT2D eigenvalue weighted by Gasteiger charge is 2.07. The third-order valence-electron chi connectivity index (χ3n) is 4.52. The number of para-hydroxylation sites is 1. The van der Waals surface area contributed by atoms with Crippen molar-refractivity contribution in [2.24, 2.45) is 4.99 Å². The summed E-state index contributed by atoms with van der Waals surface area (Å²) in [6, 6.07) is 16.0. The molecule has 1 heterocycles. The van der Waals surface area contributed by atoms with Crippen LogP contribution < -0.4 is 15.4 Å². The lowest BCUT2D eigenvalue weighted by molar-refractivity contribution is 0.474. The van der Waals surface area contributed by atoms with Crippen LogP contribution in [0, 0.1) is 6.92 Å². The Morgan fingerprint density at radius 1 is 1.14 bits per heavy atom. The molecule has 0 atom stereocenters. The molecule has 29 heavy (non-hydrogen) atoms. The van der Waals surface area contributed by atoms with Crippen molar-refractivity contribution < 1.29 is 4.74 Å². The Hall–Kier alpha value is -3.35. The average Bonchev–Trinajstić information content (AvgIpc) is 3.20. The summed E-state index contributed by atoms with van der Waals surface area (Å²) in [6.45, 7) is 6.25. The maximum absolute atomic E-state index is 6.09. The number of aryl methyl sites for hydroxylation is 2. The minimum absolute atomic E-state index is 0.606. The van der Waals surface area contributed by atoms with Crippen LogP contribution in [0.15, 0.2) is 59.9 Å². The van der Waals surface area contributed by atoms with E-state index < -0.39 is 0 Å². The molecule has 0 aliphatic carbocycles. The Kier molecular flexibility index (Phi) is 7.22. The standard InChI is InChI=1S/C22H28N6O/c1-4-21-27-26-16-28(21)13-12-24-22(23-3)25-15-18-11-10-17(2)14-20(18)29-19-8-6-5-7-9-19/h5-11,14,16H,4,12-13,15H2,1-3H3,(H2,23,24,25).